The third-order valence-corrected chi connectivity index (χ3v) is 4.27. The Hall–Kier alpha value is -1.65. The Labute approximate surface area is 137 Å². The van der Waals surface area contributed by atoms with Crippen LogP contribution in [0.1, 0.15) is 30.8 Å². The maximum Gasteiger partial charge on any atom is 0.270 e. The van der Waals surface area contributed by atoms with Gasteiger partial charge >= 0.3 is 0 Å². The van der Waals surface area contributed by atoms with Crippen LogP contribution in [0, 0.1) is 5.41 Å². The highest BCUT2D eigenvalue weighted by molar-refractivity contribution is 5.95. The fraction of sp³-hybridized carbons (Fsp3) is 0.412. The van der Waals surface area contributed by atoms with E-state index in [9.17, 15) is 4.79 Å². The van der Waals surface area contributed by atoms with Gasteiger partial charge in [0.2, 0.25) is 0 Å². The van der Waals surface area contributed by atoms with E-state index in [1.807, 2.05) is 30.3 Å². The number of fused-ring (bicyclic) bond motifs is 1. The van der Waals surface area contributed by atoms with Crippen molar-refractivity contribution in [1.82, 2.24) is 15.6 Å². The van der Waals surface area contributed by atoms with Crippen LogP contribution in [0.2, 0.25) is 0 Å². The lowest BCUT2D eigenvalue weighted by atomic mass is 9.80. The number of rotatable bonds is 2. The number of hydrogen-bond donors (Lipinski definition) is 2. The summed E-state index contributed by atoms with van der Waals surface area (Å²) in [5, 5.41) is 7.58. The van der Waals surface area contributed by atoms with Gasteiger partial charge in [0.05, 0.1) is 5.52 Å². The van der Waals surface area contributed by atoms with Crippen molar-refractivity contribution < 1.29 is 4.79 Å². The summed E-state index contributed by atoms with van der Waals surface area (Å²) in [6, 6.07) is 11.8. The molecule has 1 atom stereocenters. The van der Waals surface area contributed by atoms with E-state index in [0.29, 0.717) is 5.69 Å². The topological polar surface area (TPSA) is 54.0 Å². The first-order valence-electron chi connectivity index (χ1n) is 7.44. The summed E-state index contributed by atoms with van der Waals surface area (Å²) < 4.78 is 0. The zero-order valence-corrected chi connectivity index (χ0v) is 13.7. The monoisotopic (exact) mass is 319 g/mol. The third-order valence-electron chi connectivity index (χ3n) is 4.27. The molecule has 2 heterocycles. The number of halogens is 1. The lowest BCUT2D eigenvalue weighted by Crippen LogP contribution is -2.54. The molecule has 5 heteroatoms. The van der Waals surface area contributed by atoms with Crippen molar-refractivity contribution in [2.45, 2.75) is 26.3 Å². The molecular formula is C17H22ClN3O. The fourth-order valence-electron chi connectivity index (χ4n) is 2.86. The highest BCUT2D eigenvalue weighted by Crippen LogP contribution is 2.25. The summed E-state index contributed by atoms with van der Waals surface area (Å²) in [7, 11) is 0. The number of pyridine rings is 1. The largest absolute Gasteiger partial charge is 0.347 e. The van der Waals surface area contributed by atoms with Crippen LogP contribution in [0.25, 0.3) is 10.9 Å². The number of nitrogens with one attached hydrogen (secondary N) is 2. The Bertz CT molecular complexity index is 672. The van der Waals surface area contributed by atoms with Gasteiger partial charge in [0.25, 0.3) is 5.91 Å². The maximum atomic E-state index is 12.5. The molecule has 0 spiro atoms. The van der Waals surface area contributed by atoms with Crippen LogP contribution in [-0.2, 0) is 0 Å². The molecule has 0 bridgehead atoms. The average molecular weight is 320 g/mol. The Kier molecular flexibility index (Phi) is 5.04. The minimum absolute atomic E-state index is 0. The minimum atomic E-state index is -0.0827. The number of nitrogens with zero attached hydrogens (tertiary/aromatic N) is 1. The average Bonchev–Trinajstić information content (AvgIpc) is 2.48. The van der Waals surface area contributed by atoms with Crippen molar-refractivity contribution in [3.63, 3.8) is 0 Å². The number of aromatic nitrogens is 1. The van der Waals surface area contributed by atoms with E-state index >= 15 is 0 Å². The van der Waals surface area contributed by atoms with Crippen LogP contribution in [0.15, 0.2) is 36.4 Å². The van der Waals surface area contributed by atoms with Crippen LogP contribution < -0.4 is 10.6 Å². The van der Waals surface area contributed by atoms with E-state index in [-0.39, 0.29) is 29.8 Å². The molecule has 4 nitrogen and oxygen atoms in total. The number of carbonyl (C=O) groups excluding carboxylic acids is 1. The molecule has 1 aliphatic rings. The van der Waals surface area contributed by atoms with Gasteiger partial charge in [-0.3, -0.25) is 4.79 Å². The van der Waals surface area contributed by atoms with Crippen LogP contribution in [0.3, 0.4) is 0 Å². The van der Waals surface area contributed by atoms with E-state index in [2.05, 4.69) is 29.5 Å². The highest BCUT2D eigenvalue weighted by Gasteiger charge is 2.33. The molecular weight excluding hydrogens is 298 g/mol. The van der Waals surface area contributed by atoms with Gasteiger partial charge < -0.3 is 10.6 Å². The van der Waals surface area contributed by atoms with Gasteiger partial charge in [-0.25, -0.2) is 4.98 Å². The summed E-state index contributed by atoms with van der Waals surface area (Å²) in [4.78, 5) is 16.9. The molecule has 0 aliphatic carbocycles. The highest BCUT2D eigenvalue weighted by atomic mass is 35.5. The first kappa shape index (κ1) is 16.7. The first-order chi connectivity index (χ1) is 10.1. The molecule has 0 radical (unpaired) electrons. The lowest BCUT2D eigenvalue weighted by Gasteiger charge is -2.39. The number of piperidine rings is 1. The number of carbonyl (C=O) groups is 1. The van der Waals surface area contributed by atoms with Crippen LogP contribution >= 0.6 is 12.4 Å². The Morgan fingerprint density at radius 3 is 2.82 bits per heavy atom. The molecule has 1 fully saturated rings. The summed E-state index contributed by atoms with van der Waals surface area (Å²) in [5.74, 6) is -0.0827. The standard InChI is InChI=1S/C17H21N3O.ClH/c1-17(2)11-18-10-9-15(17)20-16(21)14-8-7-12-5-3-4-6-13(12)19-14;/h3-8,15,18H,9-11H2,1-2H3,(H,20,21);1H. The van der Waals surface area contributed by atoms with Gasteiger partial charge in [-0.05, 0) is 30.5 Å². The second kappa shape index (κ2) is 6.63. The maximum absolute atomic E-state index is 12.5. The van der Waals surface area contributed by atoms with E-state index in [4.69, 9.17) is 0 Å². The van der Waals surface area contributed by atoms with E-state index in [1.54, 1.807) is 6.07 Å². The summed E-state index contributed by atoms with van der Waals surface area (Å²) in [5.41, 5.74) is 1.41. The van der Waals surface area contributed by atoms with Crippen molar-refractivity contribution in [3.8, 4) is 0 Å². The summed E-state index contributed by atoms with van der Waals surface area (Å²) in [6.45, 7) is 6.22. The minimum Gasteiger partial charge on any atom is -0.347 e. The smallest absolute Gasteiger partial charge is 0.270 e. The number of hydrogen-bond acceptors (Lipinski definition) is 3. The van der Waals surface area contributed by atoms with E-state index in [1.165, 1.54) is 0 Å². The van der Waals surface area contributed by atoms with E-state index in [0.717, 1.165) is 30.4 Å². The predicted octanol–water partition coefficient (Wildman–Crippen LogP) is 2.77. The molecule has 2 N–H and O–H groups in total. The van der Waals surface area contributed by atoms with Gasteiger partial charge in [-0.2, -0.15) is 0 Å². The molecule has 1 saturated heterocycles. The number of benzene rings is 1. The Morgan fingerprint density at radius 2 is 2.05 bits per heavy atom. The molecule has 118 valence electrons. The van der Waals surface area contributed by atoms with Gasteiger partial charge in [-0.15, -0.1) is 12.4 Å². The molecule has 1 unspecified atom stereocenters. The summed E-state index contributed by atoms with van der Waals surface area (Å²) >= 11 is 0. The third kappa shape index (κ3) is 3.39. The zero-order chi connectivity index (χ0) is 14.9. The Balaban J connectivity index is 0.00000176. The van der Waals surface area contributed by atoms with Gasteiger partial charge in [0, 0.05) is 18.0 Å². The van der Waals surface area contributed by atoms with Gasteiger partial charge in [0.1, 0.15) is 5.69 Å². The molecule has 1 aromatic heterocycles. The second-order valence-corrected chi connectivity index (χ2v) is 6.37. The van der Waals surface area contributed by atoms with Crippen molar-refractivity contribution in [2.75, 3.05) is 13.1 Å². The first-order valence-corrected chi connectivity index (χ1v) is 7.44. The quantitative estimate of drug-likeness (QED) is 0.895. The molecule has 0 saturated carbocycles. The number of para-hydroxylation sites is 1. The molecule has 22 heavy (non-hydrogen) atoms. The summed E-state index contributed by atoms with van der Waals surface area (Å²) in [6.07, 6.45) is 0.951. The SMILES string of the molecule is CC1(C)CNCCC1NC(=O)c1ccc2ccccc2n1.Cl. The molecule has 1 aromatic carbocycles. The molecule has 1 amide bonds. The predicted molar refractivity (Wildman–Crippen MR) is 91.5 cm³/mol. The van der Waals surface area contributed by atoms with Crippen molar-refractivity contribution in [2.24, 2.45) is 5.41 Å². The second-order valence-electron chi connectivity index (χ2n) is 6.37. The fourth-order valence-corrected chi connectivity index (χ4v) is 2.86. The van der Waals surface area contributed by atoms with E-state index < -0.39 is 0 Å². The normalized spacial score (nSPS) is 20.2. The van der Waals surface area contributed by atoms with Crippen LogP contribution in [0.4, 0.5) is 0 Å². The number of amides is 1. The molecule has 3 rings (SSSR count). The Morgan fingerprint density at radius 1 is 1.27 bits per heavy atom. The van der Waals surface area contributed by atoms with Crippen molar-refractivity contribution in [1.29, 1.82) is 0 Å². The van der Waals surface area contributed by atoms with Crippen molar-refractivity contribution in [3.05, 3.63) is 42.1 Å². The zero-order valence-electron chi connectivity index (χ0n) is 12.9. The van der Waals surface area contributed by atoms with Crippen LogP contribution in [-0.4, -0.2) is 30.0 Å². The van der Waals surface area contributed by atoms with Gasteiger partial charge in [-0.1, -0.05) is 38.1 Å². The molecule has 1 aliphatic heterocycles. The van der Waals surface area contributed by atoms with Crippen LogP contribution in [0.5, 0.6) is 0 Å². The lowest BCUT2D eigenvalue weighted by molar-refractivity contribution is 0.0864. The molecule has 2 aromatic rings. The van der Waals surface area contributed by atoms with Gasteiger partial charge in [0.15, 0.2) is 0 Å². The van der Waals surface area contributed by atoms with Crippen molar-refractivity contribution >= 4 is 29.2 Å².